The minimum absolute atomic E-state index is 0.225. The molecule has 2 aromatic heterocycles. The van der Waals surface area contributed by atoms with Gasteiger partial charge in [0.05, 0.1) is 22.0 Å². The average Bonchev–Trinajstić information content (AvgIpc) is 3.01. The molecule has 0 radical (unpaired) electrons. The van der Waals surface area contributed by atoms with Gasteiger partial charge in [0.1, 0.15) is 18.2 Å². The molecule has 0 aliphatic carbocycles. The molecule has 2 aromatic rings. The molecule has 0 saturated heterocycles. The molecule has 0 aliphatic heterocycles. The summed E-state index contributed by atoms with van der Waals surface area (Å²) in [6, 6.07) is 5.99. The standard InChI is InChI=1S/C16H13ClN4O4S/c1-2-5-19(9-13-3-4-14(17)26-13)15(22)10-20-8-12(21(24)25)6-11(7-18)16(20)23/h2-4,6,8H,1,5,9-10H2. The van der Waals surface area contributed by atoms with Crippen LogP contribution in [-0.4, -0.2) is 26.8 Å². The van der Waals surface area contributed by atoms with Crippen molar-refractivity contribution < 1.29 is 9.72 Å². The smallest absolute Gasteiger partial charge is 0.287 e. The van der Waals surface area contributed by atoms with Gasteiger partial charge in [0.15, 0.2) is 0 Å². The quantitative estimate of drug-likeness (QED) is 0.408. The molecule has 26 heavy (non-hydrogen) atoms. The van der Waals surface area contributed by atoms with Crippen LogP contribution in [0.25, 0.3) is 0 Å². The van der Waals surface area contributed by atoms with E-state index in [9.17, 15) is 19.7 Å². The Balaban J connectivity index is 2.29. The average molecular weight is 393 g/mol. The summed E-state index contributed by atoms with van der Waals surface area (Å²) in [7, 11) is 0. The van der Waals surface area contributed by atoms with Crippen molar-refractivity contribution >= 4 is 34.5 Å². The van der Waals surface area contributed by atoms with E-state index in [2.05, 4.69) is 6.58 Å². The number of carbonyl (C=O) groups is 1. The summed E-state index contributed by atoms with van der Waals surface area (Å²) in [5, 5.41) is 19.9. The molecule has 0 bridgehead atoms. The van der Waals surface area contributed by atoms with Crippen molar-refractivity contribution in [2.24, 2.45) is 0 Å². The fourth-order valence-electron chi connectivity index (χ4n) is 2.20. The van der Waals surface area contributed by atoms with Gasteiger partial charge in [-0.2, -0.15) is 5.26 Å². The second-order valence-corrected chi connectivity index (χ2v) is 6.98. The Bertz CT molecular complexity index is 960. The number of nitrogens with zero attached hydrogens (tertiary/aromatic N) is 4. The molecule has 134 valence electrons. The summed E-state index contributed by atoms with van der Waals surface area (Å²) in [5.74, 6) is -0.444. The molecule has 2 heterocycles. The van der Waals surface area contributed by atoms with E-state index in [1.54, 1.807) is 18.2 Å². The second kappa shape index (κ2) is 8.42. The van der Waals surface area contributed by atoms with Gasteiger partial charge in [-0.1, -0.05) is 17.7 Å². The first kappa shape index (κ1) is 19.4. The van der Waals surface area contributed by atoms with Crippen molar-refractivity contribution in [3.05, 3.63) is 72.3 Å². The van der Waals surface area contributed by atoms with E-state index in [1.165, 1.54) is 22.3 Å². The summed E-state index contributed by atoms with van der Waals surface area (Å²) in [5.41, 5.74) is -1.59. The van der Waals surface area contributed by atoms with Crippen LogP contribution >= 0.6 is 22.9 Å². The highest BCUT2D eigenvalue weighted by molar-refractivity contribution is 7.16. The molecule has 0 unspecified atom stereocenters. The van der Waals surface area contributed by atoms with Gasteiger partial charge in [-0.25, -0.2) is 0 Å². The van der Waals surface area contributed by atoms with Crippen LogP contribution < -0.4 is 5.56 Å². The lowest BCUT2D eigenvalue weighted by atomic mass is 10.2. The third-order valence-electron chi connectivity index (χ3n) is 3.39. The van der Waals surface area contributed by atoms with E-state index in [4.69, 9.17) is 16.9 Å². The number of aromatic nitrogens is 1. The lowest BCUT2D eigenvalue weighted by Crippen LogP contribution is -2.36. The fraction of sp³-hybridized carbons (Fsp3) is 0.188. The molecule has 0 aliphatic rings. The Morgan fingerprint density at radius 2 is 2.27 bits per heavy atom. The summed E-state index contributed by atoms with van der Waals surface area (Å²) < 4.78 is 1.45. The molecule has 8 nitrogen and oxygen atoms in total. The minimum atomic E-state index is -0.760. The molecular formula is C16H13ClN4O4S. The second-order valence-electron chi connectivity index (χ2n) is 5.18. The van der Waals surface area contributed by atoms with Gasteiger partial charge in [-0.3, -0.25) is 24.3 Å². The number of carbonyl (C=O) groups excluding carboxylic acids is 1. The number of nitro groups is 1. The van der Waals surface area contributed by atoms with Crippen molar-refractivity contribution in [1.82, 2.24) is 9.47 Å². The first-order valence-electron chi connectivity index (χ1n) is 7.27. The van der Waals surface area contributed by atoms with Crippen LogP contribution in [0.2, 0.25) is 4.34 Å². The summed E-state index contributed by atoms with van der Waals surface area (Å²) >= 11 is 7.20. The molecule has 1 amide bonds. The third kappa shape index (κ3) is 4.56. The zero-order valence-corrected chi connectivity index (χ0v) is 15.0. The number of halogens is 1. The van der Waals surface area contributed by atoms with Gasteiger partial charge in [-0.05, 0) is 12.1 Å². The van der Waals surface area contributed by atoms with E-state index in [1.807, 2.05) is 0 Å². The number of amides is 1. The van der Waals surface area contributed by atoms with E-state index >= 15 is 0 Å². The predicted molar refractivity (Wildman–Crippen MR) is 97.0 cm³/mol. The van der Waals surface area contributed by atoms with Crippen molar-refractivity contribution in [3.63, 3.8) is 0 Å². The van der Waals surface area contributed by atoms with E-state index in [0.29, 0.717) is 4.34 Å². The Morgan fingerprint density at radius 1 is 1.54 bits per heavy atom. The fourth-order valence-corrected chi connectivity index (χ4v) is 3.30. The monoisotopic (exact) mass is 392 g/mol. The number of thiophene rings is 1. The predicted octanol–water partition coefficient (Wildman–Crippen LogP) is 2.56. The molecule has 0 fully saturated rings. The van der Waals surface area contributed by atoms with Gasteiger partial charge in [0, 0.05) is 17.5 Å². The Morgan fingerprint density at radius 3 is 2.81 bits per heavy atom. The van der Waals surface area contributed by atoms with Crippen LogP contribution in [0.4, 0.5) is 5.69 Å². The molecule has 0 saturated carbocycles. The molecule has 0 atom stereocenters. The number of rotatable bonds is 7. The van der Waals surface area contributed by atoms with Gasteiger partial charge in [0.25, 0.3) is 11.2 Å². The van der Waals surface area contributed by atoms with Gasteiger partial charge < -0.3 is 4.90 Å². The number of nitriles is 1. The molecule has 10 heteroatoms. The van der Waals surface area contributed by atoms with Crippen LogP contribution in [0.3, 0.4) is 0 Å². The number of hydrogen-bond acceptors (Lipinski definition) is 6. The SMILES string of the molecule is C=CCN(Cc1ccc(Cl)s1)C(=O)Cn1cc([N+](=O)[O-])cc(C#N)c1=O. The van der Waals surface area contributed by atoms with E-state index in [-0.39, 0.29) is 13.1 Å². The minimum Gasteiger partial charge on any atom is -0.332 e. The van der Waals surface area contributed by atoms with E-state index in [0.717, 1.165) is 21.7 Å². The lowest BCUT2D eigenvalue weighted by Gasteiger charge is -2.21. The highest BCUT2D eigenvalue weighted by Crippen LogP contribution is 2.23. The van der Waals surface area contributed by atoms with Gasteiger partial charge >= 0.3 is 0 Å². The topological polar surface area (TPSA) is 109 Å². The summed E-state index contributed by atoms with van der Waals surface area (Å²) in [6.07, 6.45) is 2.49. The first-order valence-corrected chi connectivity index (χ1v) is 8.47. The maximum absolute atomic E-state index is 12.6. The van der Waals surface area contributed by atoms with Crippen molar-refractivity contribution in [1.29, 1.82) is 5.26 Å². The Kier molecular flexibility index (Phi) is 6.27. The highest BCUT2D eigenvalue weighted by Gasteiger charge is 2.19. The van der Waals surface area contributed by atoms with Crippen LogP contribution in [0, 0.1) is 21.4 Å². The largest absolute Gasteiger partial charge is 0.332 e. The summed E-state index contributed by atoms with van der Waals surface area (Å²) in [6.45, 7) is 3.66. The van der Waals surface area contributed by atoms with Gasteiger partial charge in [-0.15, -0.1) is 17.9 Å². The molecular weight excluding hydrogens is 380 g/mol. The third-order valence-corrected chi connectivity index (χ3v) is 4.60. The lowest BCUT2D eigenvalue weighted by molar-refractivity contribution is -0.385. The molecule has 2 rings (SSSR count). The van der Waals surface area contributed by atoms with Crippen LogP contribution in [0.5, 0.6) is 0 Å². The maximum atomic E-state index is 12.6. The maximum Gasteiger partial charge on any atom is 0.287 e. The van der Waals surface area contributed by atoms with Crippen molar-refractivity contribution in [2.45, 2.75) is 13.1 Å². The molecule has 0 spiro atoms. The highest BCUT2D eigenvalue weighted by atomic mass is 35.5. The van der Waals surface area contributed by atoms with Crippen molar-refractivity contribution in [2.75, 3.05) is 6.54 Å². The summed E-state index contributed by atoms with van der Waals surface area (Å²) in [4.78, 5) is 37.3. The van der Waals surface area contributed by atoms with Crippen LogP contribution in [0.15, 0.2) is 41.8 Å². The first-order chi connectivity index (χ1) is 12.3. The molecule has 0 N–H and O–H groups in total. The zero-order chi connectivity index (χ0) is 19.3. The molecule has 0 aromatic carbocycles. The number of pyridine rings is 1. The van der Waals surface area contributed by atoms with Crippen LogP contribution in [-0.2, 0) is 17.9 Å². The Labute approximate surface area is 157 Å². The van der Waals surface area contributed by atoms with E-state index < -0.39 is 34.2 Å². The zero-order valence-electron chi connectivity index (χ0n) is 13.4. The Hall–Kier alpha value is -2.96. The van der Waals surface area contributed by atoms with Gasteiger partial charge in [0.2, 0.25) is 5.91 Å². The van der Waals surface area contributed by atoms with Crippen molar-refractivity contribution in [3.8, 4) is 6.07 Å². The van der Waals surface area contributed by atoms with Crippen LogP contribution in [0.1, 0.15) is 10.4 Å². The number of hydrogen-bond donors (Lipinski definition) is 0. The normalized spacial score (nSPS) is 10.2.